The molecule has 1 heterocycles. The average molecular weight is 566 g/mol. The van der Waals surface area contributed by atoms with E-state index in [9.17, 15) is 26.3 Å². The zero-order chi connectivity index (χ0) is 28.7. The zero-order valence-electron chi connectivity index (χ0n) is 22.4. The van der Waals surface area contributed by atoms with Gasteiger partial charge in [-0.15, -0.1) is 0 Å². The lowest BCUT2D eigenvalue weighted by atomic mass is 9.96. The van der Waals surface area contributed by atoms with Gasteiger partial charge >= 0.3 is 12.4 Å². The SMILES string of the molecule is CCN(CC1CCCC1)c1cc2c(cc1Cc1nc(N)oc1Cc1cc(C(F)(F)F)cc(C(F)(F)F)c1)CCC2. The maximum absolute atomic E-state index is 13.4. The lowest BCUT2D eigenvalue weighted by Crippen LogP contribution is -2.29. The normalized spacial score (nSPS) is 16.1. The highest BCUT2D eigenvalue weighted by Crippen LogP contribution is 2.38. The predicted octanol–water partition coefficient (Wildman–Crippen LogP) is 7.98. The van der Waals surface area contributed by atoms with Crippen LogP contribution in [0.2, 0.25) is 0 Å². The van der Waals surface area contributed by atoms with E-state index in [0.717, 1.165) is 55.7 Å². The van der Waals surface area contributed by atoms with Crippen LogP contribution < -0.4 is 10.6 Å². The van der Waals surface area contributed by atoms with Crippen molar-refractivity contribution in [1.82, 2.24) is 4.98 Å². The first-order chi connectivity index (χ1) is 18.9. The third-order valence-electron chi connectivity index (χ3n) is 8.13. The lowest BCUT2D eigenvalue weighted by Gasteiger charge is -2.29. The minimum absolute atomic E-state index is 0.125. The summed E-state index contributed by atoms with van der Waals surface area (Å²) >= 11 is 0. The van der Waals surface area contributed by atoms with Crippen molar-refractivity contribution in [3.05, 3.63) is 75.2 Å². The average Bonchev–Trinajstić information content (AvgIpc) is 3.63. The number of nitrogens with two attached hydrogens (primary N) is 1. The molecule has 216 valence electrons. The number of rotatable bonds is 8. The number of nitrogens with zero attached hydrogens (tertiary/aromatic N) is 2. The second-order valence-electron chi connectivity index (χ2n) is 11.0. The molecule has 0 unspecified atom stereocenters. The standard InChI is InChI=1S/C30H33F6N3O/c1-2-39(17-18-6-3-4-7-18)26-15-21-9-5-8-20(21)13-22(26)14-25-27(40-28(37)38-25)12-19-10-23(29(31,32)33)16-24(11-19)30(34,35)36/h10-11,13,15-16,18H,2-9,12,14,17H2,1H3,(H2,37,38). The number of fused-ring (bicyclic) bond motifs is 1. The molecule has 1 fully saturated rings. The van der Waals surface area contributed by atoms with Gasteiger partial charge in [0.2, 0.25) is 0 Å². The lowest BCUT2D eigenvalue weighted by molar-refractivity contribution is -0.143. The minimum atomic E-state index is -4.93. The van der Waals surface area contributed by atoms with E-state index < -0.39 is 23.5 Å². The van der Waals surface area contributed by atoms with E-state index in [1.54, 1.807) is 0 Å². The van der Waals surface area contributed by atoms with Gasteiger partial charge in [-0.1, -0.05) is 18.9 Å². The molecule has 0 spiro atoms. The van der Waals surface area contributed by atoms with Crippen molar-refractivity contribution < 1.29 is 30.8 Å². The molecule has 2 aliphatic rings. The molecule has 5 rings (SSSR count). The summed E-state index contributed by atoms with van der Waals surface area (Å²) in [5.41, 5.74) is 8.07. The van der Waals surface area contributed by atoms with Crippen LogP contribution in [0.1, 0.15) is 83.9 Å². The number of nitrogen functional groups attached to an aromatic ring is 1. The third kappa shape index (κ3) is 6.25. The van der Waals surface area contributed by atoms with Gasteiger partial charge in [0.25, 0.3) is 6.01 Å². The molecule has 0 aliphatic heterocycles. The van der Waals surface area contributed by atoms with Crippen molar-refractivity contribution in [3.8, 4) is 0 Å². The molecular weight excluding hydrogens is 532 g/mol. The van der Waals surface area contributed by atoms with Crippen molar-refractivity contribution in [2.24, 2.45) is 5.92 Å². The highest BCUT2D eigenvalue weighted by molar-refractivity contribution is 5.60. The Morgan fingerprint density at radius 3 is 2.10 bits per heavy atom. The van der Waals surface area contributed by atoms with Gasteiger partial charge in [-0.25, -0.2) is 0 Å². The summed E-state index contributed by atoms with van der Waals surface area (Å²) in [6.45, 7) is 3.89. The molecule has 2 aliphatic carbocycles. The van der Waals surface area contributed by atoms with Crippen LogP contribution in [0, 0.1) is 5.92 Å². The van der Waals surface area contributed by atoms with Gasteiger partial charge in [0.15, 0.2) is 0 Å². The molecule has 10 heteroatoms. The van der Waals surface area contributed by atoms with Crippen LogP contribution in [-0.2, 0) is 38.0 Å². The third-order valence-corrected chi connectivity index (χ3v) is 8.13. The first kappa shape index (κ1) is 28.4. The fraction of sp³-hybridized carbons (Fsp3) is 0.500. The van der Waals surface area contributed by atoms with Crippen LogP contribution in [0.15, 0.2) is 34.7 Å². The van der Waals surface area contributed by atoms with Gasteiger partial charge in [0, 0.05) is 31.6 Å². The number of hydrogen-bond donors (Lipinski definition) is 1. The Hall–Kier alpha value is -3.17. The van der Waals surface area contributed by atoms with Gasteiger partial charge in [-0.3, -0.25) is 0 Å². The molecule has 0 bridgehead atoms. The Balaban J connectivity index is 1.49. The summed E-state index contributed by atoms with van der Waals surface area (Å²) < 4.78 is 86.1. The van der Waals surface area contributed by atoms with E-state index in [4.69, 9.17) is 10.2 Å². The second-order valence-corrected chi connectivity index (χ2v) is 11.0. The van der Waals surface area contributed by atoms with Crippen molar-refractivity contribution in [2.75, 3.05) is 23.7 Å². The Morgan fingerprint density at radius 2 is 1.50 bits per heavy atom. The summed E-state index contributed by atoms with van der Waals surface area (Å²) in [4.78, 5) is 6.70. The molecule has 0 saturated heterocycles. The predicted molar refractivity (Wildman–Crippen MR) is 141 cm³/mol. The van der Waals surface area contributed by atoms with Crippen LogP contribution in [-0.4, -0.2) is 18.1 Å². The van der Waals surface area contributed by atoms with Crippen molar-refractivity contribution in [2.45, 2.75) is 77.1 Å². The summed E-state index contributed by atoms with van der Waals surface area (Å²) in [5, 5.41) is 0. The Morgan fingerprint density at radius 1 is 0.875 bits per heavy atom. The molecule has 0 amide bonds. The molecule has 0 atom stereocenters. The summed E-state index contributed by atoms with van der Waals surface area (Å²) in [6, 6.07) is 5.82. The number of halogens is 6. The number of benzene rings is 2. The first-order valence-electron chi connectivity index (χ1n) is 13.8. The van der Waals surface area contributed by atoms with Gasteiger partial charge in [-0.05, 0) is 91.5 Å². The number of aromatic nitrogens is 1. The molecule has 1 saturated carbocycles. The fourth-order valence-corrected chi connectivity index (χ4v) is 6.17. The minimum Gasteiger partial charge on any atom is -0.428 e. The van der Waals surface area contributed by atoms with E-state index in [1.165, 1.54) is 36.8 Å². The number of alkyl halides is 6. The van der Waals surface area contributed by atoms with E-state index in [2.05, 4.69) is 28.9 Å². The number of hydrogen-bond acceptors (Lipinski definition) is 4. The van der Waals surface area contributed by atoms with Crippen LogP contribution in [0.5, 0.6) is 0 Å². The van der Waals surface area contributed by atoms with E-state index in [1.807, 2.05) is 0 Å². The Bertz CT molecular complexity index is 1320. The monoisotopic (exact) mass is 565 g/mol. The fourth-order valence-electron chi connectivity index (χ4n) is 6.17. The summed E-state index contributed by atoms with van der Waals surface area (Å²) in [6.07, 6.45) is -1.89. The van der Waals surface area contributed by atoms with Crippen LogP contribution in [0.4, 0.5) is 38.0 Å². The molecule has 3 aromatic rings. The van der Waals surface area contributed by atoms with Crippen molar-refractivity contribution in [3.63, 3.8) is 0 Å². The summed E-state index contributed by atoms with van der Waals surface area (Å²) in [7, 11) is 0. The highest BCUT2D eigenvalue weighted by Gasteiger charge is 2.37. The smallest absolute Gasteiger partial charge is 0.416 e. The van der Waals surface area contributed by atoms with Gasteiger partial charge in [-0.2, -0.15) is 31.3 Å². The molecule has 4 nitrogen and oxygen atoms in total. The number of aryl methyl sites for hydroxylation is 2. The molecule has 0 radical (unpaired) electrons. The van der Waals surface area contributed by atoms with E-state index >= 15 is 0 Å². The molecular formula is C30H33F6N3O. The quantitative estimate of drug-likeness (QED) is 0.282. The molecule has 2 aromatic carbocycles. The van der Waals surface area contributed by atoms with Gasteiger partial charge in [0.1, 0.15) is 5.76 Å². The van der Waals surface area contributed by atoms with E-state index in [0.29, 0.717) is 18.0 Å². The number of anilines is 2. The van der Waals surface area contributed by atoms with Gasteiger partial charge in [0.05, 0.1) is 16.8 Å². The maximum atomic E-state index is 13.4. The Kier molecular flexibility index (Phi) is 7.81. The Labute approximate surface area is 229 Å². The summed E-state index contributed by atoms with van der Waals surface area (Å²) in [5.74, 6) is 0.790. The van der Waals surface area contributed by atoms with Gasteiger partial charge < -0.3 is 15.1 Å². The first-order valence-corrected chi connectivity index (χ1v) is 13.8. The zero-order valence-corrected chi connectivity index (χ0v) is 22.4. The molecule has 1 aromatic heterocycles. The number of oxazole rings is 1. The highest BCUT2D eigenvalue weighted by atomic mass is 19.4. The van der Waals surface area contributed by atoms with Crippen molar-refractivity contribution >= 4 is 11.7 Å². The van der Waals surface area contributed by atoms with Crippen LogP contribution >= 0.6 is 0 Å². The largest absolute Gasteiger partial charge is 0.428 e. The second kappa shape index (κ2) is 11.0. The maximum Gasteiger partial charge on any atom is 0.416 e. The van der Waals surface area contributed by atoms with Crippen LogP contribution in [0.3, 0.4) is 0 Å². The molecule has 2 N–H and O–H groups in total. The topological polar surface area (TPSA) is 55.3 Å². The van der Waals surface area contributed by atoms with E-state index in [-0.39, 0.29) is 29.8 Å². The molecule has 40 heavy (non-hydrogen) atoms. The van der Waals surface area contributed by atoms with Crippen molar-refractivity contribution in [1.29, 1.82) is 0 Å². The van der Waals surface area contributed by atoms with Crippen LogP contribution in [0.25, 0.3) is 0 Å².